The first kappa shape index (κ1) is 31.1. The highest BCUT2D eigenvalue weighted by atomic mass is 16.5. The van der Waals surface area contributed by atoms with Gasteiger partial charge in [-0.15, -0.1) is 0 Å². The second kappa shape index (κ2) is 14.2. The highest BCUT2D eigenvalue weighted by Gasteiger charge is 2.46. The largest absolute Gasteiger partial charge is 0.481 e. The summed E-state index contributed by atoms with van der Waals surface area (Å²) >= 11 is 0. The zero-order valence-corrected chi connectivity index (χ0v) is 23.7. The van der Waals surface area contributed by atoms with Gasteiger partial charge in [-0.25, -0.2) is 0 Å². The fourth-order valence-corrected chi connectivity index (χ4v) is 5.80. The monoisotopic (exact) mass is 558 g/mol. The molecule has 11 nitrogen and oxygen atoms in total. The van der Waals surface area contributed by atoms with E-state index in [-0.39, 0.29) is 31.2 Å². The second-order valence-electron chi connectivity index (χ2n) is 10.9. The maximum absolute atomic E-state index is 13.8. The lowest BCUT2D eigenvalue weighted by atomic mass is 9.75. The van der Waals surface area contributed by atoms with Gasteiger partial charge >= 0.3 is 11.9 Å². The number of methoxy groups -OCH3 is 1. The van der Waals surface area contributed by atoms with Crippen LogP contribution in [0, 0.1) is 11.3 Å². The molecule has 1 saturated carbocycles. The highest BCUT2D eigenvalue weighted by Crippen LogP contribution is 2.44. The van der Waals surface area contributed by atoms with Crippen molar-refractivity contribution < 1.29 is 33.8 Å². The maximum atomic E-state index is 13.8. The van der Waals surface area contributed by atoms with E-state index in [9.17, 15) is 29.1 Å². The second-order valence-corrected chi connectivity index (χ2v) is 10.9. The molecule has 2 aliphatic rings. The molecular weight excluding hydrogens is 516 g/mol. The molecule has 3 N–H and O–H groups in total. The molecule has 0 spiro atoms. The average Bonchev–Trinajstić information content (AvgIpc) is 3.38. The van der Waals surface area contributed by atoms with Crippen molar-refractivity contribution in [1.29, 1.82) is 0 Å². The molecule has 3 amide bonds. The smallest absolute Gasteiger partial charge is 0.325 e. The number of carboxylic acid groups (broad SMARTS) is 1. The zero-order chi connectivity index (χ0) is 29.3. The molecule has 11 heteroatoms. The third-order valence-electron chi connectivity index (χ3n) is 8.16. The average molecular weight is 559 g/mol. The summed E-state index contributed by atoms with van der Waals surface area (Å²) in [6, 6.07) is 6.42. The van der Waals surface area contributed by atoms with E-state index in [2.05, 4.69) is 10.6 Å². The molecule has 220 valence electrons. The minimum absolute atomic E-state index is 0.0251. The molecule has 0 saturated heterocycles. The van der Waals surface area contributed by atoms with Crippen molar-refractivity contribution in [2.24, 2.45) is 11.3 Å². The van der Waals surface area contributed by atoms with Gasteiger partial charge in [-0.3, -0.25) is 28.9 Å². The van der Waals surface area contributed by atoms with E-state index in [0.717, 1.165) is 31.4 Å². The molecule has 0 radical (unpaired) electrons. The summed E-state index contributed by atoms with van der Waals surface area (Å²) in [5.41, 5.74) is 0.504. The van der Waals surface area contributed by atoms with Crippen molar-refractivity contribution in [3.63, 3.8) is 0 Å². The molecule has 1 fully saturated rings. The molecule has 1 aromatic rings. The van der Waals surface area contributed by atoms with Gasteiger partial charge in [-0.1, -0.05) is 31.0 Å². The number of fused-ring (bicyclic) bond motifs is 1. The minimum Gasteiger partial charge on any atom is -0.481 e. The van der Waals surface area contributed by atoms with Crippen LogP contribution >= 0.6 is 0 Å². The molecule has 40 heavy (non-hydrogen) atoms. The van der Waals surface area contributed by atoms with Crippen LogP contribution in [0.2, 0.25) is 0 Å². The molecule has 1 aromatic carbocycles. The number of para-hydroxylation sites is 1. The lowest BCUT2D eigenvalue weighted by Gasteiger charge is -2.33. The number of anilines is 1. The van der Waals surface area contributed by atoms with E-state index >= 15 is 0 Å². The van der Waals surface area contributed by atoms with E-state index in [4.69, 9.17) is 4.74 Å². The van der Waals surface area contributed by atoms with E-state index in [1.807, 2.05) is 19.2 Å². The maximum Gasteiger partial charge on any atom is 0.325 e. The van der Waals surface area contributed by atoms with Gasteiger partial charge in [0.2, 0.25) is 17.7 Å². The van der Waals surface area contributed by atoms with Crippen LogP contribution in [0.15, 0.2) is 24.3 Å². The van der Waals surface area contributed by atoms with Crippen molar-refractivity contribution >= 4 is 35.3 Å². The number of benzene rings is 1. The Morgan fingerprint density at radius 1 is 1.20 bits per heavy atom. The molecule has 3 rings (SSSR count). The van der Waals surface area contributed by atoms with Gasteiger partial charge in [-0.2, -0.15) is 0 Å². The quantitative estimate of drug-likeness (QED) is 0.245. The number of ether oxygens (including phenoxy) is 1. The van der Waals surface area contributed by atoms with E-state index in [0.29, 0.717) is 37.9 Å². The Labute approximate surface area is 235 Å². The normalized spacial score (nSPS) is 18.8. The lowest BCUT2D eigenvalue weighted by Crippen LogP contribution is -2.53. The Kier molecular flexibility index (Phi) is 11.1. The molecule has 1 aliphatic heterocycles. The first-order chi connectivity index (χ1) is 19.1. The SMILES string of the molecule is CNCCCN(C)C(=O)CC(CC1(C(=O)NC2CCc3ccccc3N(CC(=O)OC)C2=O)CCCC1)C(=O)O. The van der Waals surface area contributed by atoms with Crippen LogP contribution in [-0.4, -0.2) is 86.5 Å². The fraction of sp³-hybridized carbons (Fsp3) is 0.621. The van der Waals surface area contributed by atoms with Crippen LogP contribution in [-0.2, 0) is 35.1 Å². The number of carbonyl (C=O) groups is 5. The summed E-state index contributed by atoms with van der Waals surface area (Å²) in [4.78, 5) is 67.5. The van der Waals surface area contributed by atoms with Gasteiger partial charge in [-0.05, 0) is 63.7 Å². The van der Waals surface area contributed by atoms with Gasteiger partial charge < -0.3 is 25.4 Å². The topological polar surface area (TPSA) is 145 Å². The van der Waals surface area contributed by atoms with Gasteiger partial charge in [0.15, 0.2) is 0 Å². The number of aliphatic carboxylic acids is 1. The van der Waals surface area contributed by atoms with Crippen LogP contribution < -0.4 is 15.5 Å². The van der Waals surface area contributed by atoms with Crippen LogP contribution in [0.4, 0.5) is 5.69 Å². The van der Waals surface area contributed by atoms with Crippen LogP contribution in [0.3, 0.4) is 0 Å². The number of amides is 3. The first-order valence-corrected chi connectivity index (χ1v) is 14.0. The van der Waals surface area contributed by atoms with Crippen LogP contribution in [0.5, 0.6) is 0 Å². The third kappa shape index (κ3) is 7.59. The summed E-state index contributed by atoms with van der Waals surface area (Å²) < 4.78 is 4.80. The Balaban J connectivity index is 1.77. The number of carboxylic acids is 1. The number of rotatable bonds is 13. The first-order valence-electron chi connectivity index (χ1n) is 14.0. The van der Waals surface area contributed by atoms with E-state index < -0.39 is 35.2 Å². The number of aryl methyl sites for hydroxylation is 1. The van der Waals surface area contributed by atoms with Gasteiger partial charge in [0, 0.05) is 25.7 Å². The standard InChI is InChI=1S/C29H42N4O7/c1-30-15-8-16-32(2)24(34)17-21(27(37)38)18-29(13-6-7-14-29)28(39)31-22-12-11-20-9-4-5-10-23(20)33(26(22)36)19-25(35)40-3/h4-5,9-10,21-22,30H,6-8,11-19H2,1-3H3,(H,31,39)(H,37,38). The van der Waals surface area contributed by atoms with Gasteiger partial charge in [0.05, 0.1) is 18.4 Å². The van der Waals surface area contributed by atoms with Gasteiger partial charge in [0.1, 0.15) is 12.6 Å². The number of nitrogens with one attached hydrogen (secondary N) is 2. The van der Waals surface area contributed by atoms with Crippen LogP contribution in [0.25, 0.3) is 0 Å². The van der Waals surface area contributed by atoms with E-state index in [1.54, 1.807) is 19.2 Å². The van der Waals surface area contributed by atoms with Crippen molar-refractivity contribution in [1.82, 2.24) is 15.5 Å². The molecule has 2 atom stereocenters. The Morgan fingerprint density at radius 3 is 2.55 bits per heavy atom. The third-order valence-corrected chi connectivity index (χ3v) is 8.16. The van der Waals surface area contributed by atoms with Crippen molar-refractivity contribution in [2.75, 3.05) is 45.7 Å². The van der Waals surface area contributed by atoms with Crippen molar-refractivity contribution in [3.8, 4) is 0 Å². The predicted molar refractivity (Wildman–Crippen MR) is 149 cm³/mol. The zero-order valence-electron chi connectivity index (χ0n) is 23.7. The summed E-state index contributed by atoms with van der Waals surface area (Å²) in [5.74, 6) is -3.76. The van der Waals surface area contributed by atoms with Crippen LogP contribution in [0.1, 0.15) is 56.9 Å². The Morgan fingerprint density at radius 2 is 1.90 bits per heavy atom. The minimum atomic E-state index is -1.11. The Hall–Kier alpha value is -3.47. The number of carbonyl (C=O) groups excluding carboxylic acids is 4. The molecule has 0 aromatic heterocycles. The fourth-order valence-electron chi connectivity index (χ4n) is 5.80. The van der Waals surface area contributed by atoms with Crippen molar-refractivity contribution in [2.45, 2.75) is 63.8 Å². The summed E-state index contributed by atoms with van der Waals surface area (Å²) in [6.45, 7) is 0.964. The van der Waals surface area contributed by atoms with Crippen molar-refractivity contribution in [3.05, 3.63) is 29.8 Å². The molecule has 2 unspecified atom stereocenters. The summed E-state index contributed by atoms with van der Waals surface area (Å²) in [5, 5.41) is 15.9. The molecule has 0 bridgehead atoms. The summed E-state index contributed by atoms with van der Waals surface area (Å²) in [6.07, 6.45) is 3.94. The molecular formula is C29H42N4O7. The summed E-state index contributed by atoms with van der Waals surface area (Å²) in [7, 11) is 4.74. The number of hydrogen-bond donors (Lipinski definition) is 3. The van der Waals surface area contributed by atoms with E-state index in [1.165, 1.54) is 16.9 Å². The lowest BCUT2D eigenvalue weighted by molar-refractivity contribution is -0.148. The molecule has 1 aliphatic carbocycles. The molecule has 1 heterocycles. The number of esters is 1. The number of nitrogens with zero attached hydrogens (tertiary/aromatic N) is 2. The Bertz CT molecular complexity index is 1090. The number of hydrogen-bond acceptors (Lipinski definition) is 7. The predicted octanol–water partition coefficient (Wildman–Crippen LogP) is 1.73. The highest BCUT2D eigenvalue weighted by molar-refractivity contribution is 6.03. The van der Waals surface area contributed by atoms with Gasteiger partial charge in [0.25, 0.3) is 0 Å².